The van der Waals surface area contributed by atoms with E-state index in [1.54, 1.807) is 34.0 Å². The average Bonchev–Trinajstić information content (AvgIpc) is 4.09. The molecule has 3 aliphatic rings. The number of rotatable bonds is 3. The first-order valence-corrected chi connectivity index (χ1v) is 23.2. The van der Waals surface area contributed by atoms with Gasteiger partial charge < -0.3 is 0 Å². The van der Waals surface area contributed by atoms with Crippen LogP contribution in [0.2, 0.25) is 0 Å². The molecule has 0 aliphatic heterocycles. The van der Waals surface area contributed by atoms with Gasteiger partial charge in [-0.25, -0.2) is 15.0 Å². The van der Waals surface area contributed by atoms with E-state index in [2.05, 4.69) is 169 Å². The van der Waals surface area contributed by atoms with E-state index in [4.69, 9.17) is 15.0 Å². The lowest BCUT2D eigenvalue weighted by Gasteiger charge is -2.25. The third-order valence-corrected chi connectivity index (χ3v) is 17.2. The van der Waals surface area contributed by atoms with Crippen LogP contribution in [0.25, 0.3) is 95.7 Å². The molecule has 3 nitrogen and oxygen atoms in total. The minimum atomic E-state index is -0.215. The zero-order valence-electron chi connectivity index (χ0n) is 34.2. The van der Waals surface area contributed by atoms with Crippen molar-refractivity contribution in [2.24, 2.45) is 0 Å². The fraction of sp³-hybridized carbons (Fsp3) is 0.167. The van der Waals surface area contributed by atoms with E-state index in [-0.39, 0.29) is 16.2 Å². The Hall–Kier alpha value is -5.79. The number of fused-ring (bicyclic) bond motifs is 12. The molecule has 6 heteroatoms. The second-order valence-corrected chi connectivity index (χ2v) is 21.5. The third kappa shape index (κ3) is 4.62. The van der Waals surface area contributed by atoms with Gasteiger partial charge in [-0.2, -0.15) is 0 Å². The Morgan fingerprint density at radius 3 is 1.10 bits per heavy atom. The van der Waals surface area contributed by atoms with Crippen molar-refractivity contribution in [3.8, 4) is 65.1 Å². The molecule has 10 aromatic rings. The Morgan fingerprint density at radius 2 is 0.650 bits per heavy atom. The highest BCUT2D eigenvalue weighted by Gasteiger charge is 2.45. The SMILES string of the molecule is CC1(C)c2cc(-c3nc4ccccc4s3)ccc2-c2cc3c(cc21)-c1cc2c(cc1C3(C)C)-c1cc(-c3nc4ccccc4s3)c(-c3nc4ccccc4s3)cc1C2(C)C. The lowest BCUT2D eigenvalue weighted by atomic mass is 9.78. The molecular weight excluding hydrogens is 787 g/mol. The zero-order valence-corrected chi connectivity index (χ0v) is 36.6. The lowest BCUT2D eigenvalue weighted by molar-refractivity contribution is 0.649. The second kappa shape index (κ2) is 11.7. The van der Waals surface area contributed by atoms with Crippen molar-refractivity contribution in [3.63, 3.8) is 0 Å². The lowest BCUT2D eigenvalue weighted by Crippen LogP contribution is -2.17. The quantitative estimate of drug-likeness (QED) is 0.178. The monoisotopic (exact) mass is 825 g/mol. The van der Waals surface area contributed by atoms with Crippen molar-refractivity contribution in [2.75, 3.05) is 0 Å². The van der Waals surface area contributed by atoms with Crippen LogP contribution in [0, 0.1) is 0 Å². The molecule has 13 rings (SSSR count). The van der Waals surface area contributed by atoms with Crippen LogP contribution in [0.3, 0.4) is 0 Å². The molecular formula is C54H39N3S3. The van der Waals surface area contributed by atoms with Crippen LogP contribution in [0.5, 0.6) is 0 Å². The van der Waals surface area contributed by atoms with Gasteiger partial charge in [0.05, 0.1) is 30.6 Å². The summed E-state index contributed by atoms with van der Waals surface area (Å²) in [5.74, 6) is 0. The Kier molecular flexibility index (Phi) is 6.84. The standard InChI is InChI=1S/C54H39N3S3/c1-52(2)37-21-28(49-55-43-13-7-10-16-46(43)58-49)19-20-29(37)31-23-39-33(25-38(31)52)34-26-40-32(24-41(34)53(39,3)4)30-22-35(50-56-44-14-8-11-17-47(44)59-50)36(27-42(30)54(40,5)6)51-57-45-15-9-12-18-48(45)60-51/h7-27H,1-6H3. The predicted octanol–water partition coefficient (Wildman–Crippen LogP) is 15.4. The number of nitrogens with zero attached hydrogens (tertiary/aromatic N) is 3. The van der Waals surface area contributed by atoms with Gasteiger partial charge in [-0.05, 0) is 146 Å². The molecule has 0 saturated heterocycles. The first-order valence-electron chi connectivity index (χ1n) is 20.8. The highest BCUT2D eigenvalue weighted by atomic mass is 32.1. The summed E-state index contributed by atoms with van der Waals surface area (Å²) in [6.45, 7) is 14.5. The molecule has 0 fully saturated rings. The molecule has 60 heavy (non-hydrogen) atoms. The van der Waals surface area contributed by atoms with Crippen molar-refractivity contribution in [1.82, 2.24) is 15.0 Å². The Labute approximate surface area is 361 Å². The van der Waals surface area contributed by atoms with Crippen molar-refractivity contribution >= 4 is 64.7 Å². The molecule has 3 aromatic heterocycles. The molecule has 0 bridgehead atoms. The topological polar surface area (TPSA) is 38.7 Å². The summed E-state index contributed by atoms with van der Waals surface area (Å²) in [6.07, 6.45) is 0. The summed E-state index contributed by atoms with van der Waals surface area (Å²) in [4.78, 5) is 15.5. The van der Waals surface area contributed by atoms with Gasteiger partial charge in [0.2, 0.25) is 0 Å². The molecule has 0 spiro atoms. The fourth-order valence-electron chi connectivity index (χ4n) is 10.7. The number of hydrogen-bond donors (Lipinski definition) is 0. The van der Waals surface area contributed by atoms with Gasteiger partial charge >= 0.3 is 0 Å². The smallest absolute Gasteiger partial charge is 0.125 e. The molecule has 288 valence electrons. The van der Waals surface area contributed by atoms with Gasteiger partial charge in [-0.1, -0.05) is 90.1 Å². The largest absolute Gasteiger partial charge is 0.236 e. The average molecular weight is 826 g/mol. The molecule has 0 saturated carbocycles. The summed E-state index contributed by atoms with van der Waals surface area (Å²) < 4.78 is 3.63. The highest BCUT2D eigenvalue weighted by molar-refractivity contribution is 7.22. The minimum absolute atomic E-state index is 0.153. The third-order valence-electron chi connectivity index (χ3n) is 14.0. The number of benzene rings is 7. The van der Waals surface area contributed by atoms with Crippen LogP contribution in [0.4, 0.5) is 0 Å². The van der Waals surface area contributed by atoms with Crippen LogP contribution in [0.15, 0.2) is 127 Å². The Morgan fingerprint density at radius 1 is 0.317 bits per heavy atom. The molecule has 0 atom stereocenters. The molecule has 0 unspecified atom stereocenters. The maximum Gasteiger partial charge on any atom is 0.125 e. The summed E-state index contributed by atoms with van der Waals surface area (Å²) in [6, 6.07) is 47.6. The second-order valence-electron chi connectivity index (χ2n) is 18.4. The van der Waals surface area contributed by atoms with Crippen molar-refractivity contribution in [3.05, 3.63) is 161 Å². The molecule has 0 amide bonds. The van der Waals surface area contributed by atoms with Gasteiger partial charge in [0.25, 0.3) is 0 Å². The van der Waals surface area contributed by atoms with Crippen molar-refractivity contribution in [1.29, 1.82) is 0 Å². The molecule has 3 heterocycles. The molecule has 7 aromatic carbocycles. The maximum atomic E-state index is 5.23. The van der Waals surface area contributed by atoms with Gasteiger partial charge in [0, 0.05) is 32.9 Å². The van der Waals surface area contributed by atoms with E-state index in [0.29, 0.717) is 0 Å². The Balaban J connectivity index is 0.966. The van der Waals surface area contributed by atoms with Gasteiger partial charge in [-0.15, -0.1) is 34.0 Å². The number of aromatic nitrogens is 3. The minimum Gasteiger partial charge on any atom is -0.236 e. The van der Waals surface area contributed by atoms with Crippen LogP contribution in [-0.4, -0.2) is 15.0 Å². The van der Waals surface area contributed by atoms with E-state index < -0.39 is 0 Å². The number of thiazole rings is 3. The van der Waals surface area contributed by atoms with E-state index in [1.165, 1.54) is 86.4 Å². The fourth-order valence-corrected chi connectivity index (χ4v) is 13.6. The summed E-state index contributed by atoms with van der Waals surface area (Å²) in [7, 11) is 0. The van der Waals surface area contributed by atoms with Gasteiger partial charge in [0.15, 0.2) is 0 Å². The van der Waals surface area contributed by atoms with Crippen molar-refractivity contribution in [2.45, 2.75) is 57.8 Å². The number of hydrogen-bond acceptors (Lipinski definition) is 6. The number of para-hydroxylation sites is 3. The molecule has 0 N–H and O–H groups in total. The van der Waals surface area contributed by atoms with E-state index in [9.17, 15) is 0 Å². The summed E-state index contributed by atoms with van der Waals surface area (Å²) in [5, 5.41) is 3.17. The highest BCUT2D eigenvalue weighted by Crippen LogP contribution is 2.60. The Bertz CT molecular complexity index is 3440. The first kappa shape index (κ1) is 35.0. The van der Waals surface area contributed by atoms with Crippen LogP contribution in [-0.2, 0) is 16.2 Å². The van der Waals surface area contributed by atoms with Gasteiger partial charge in [-0.3, -0.25) is 0 Å². The van der Waals surface area contributed by atoms with Crippen LogP contribution in [0.1, 0.15) is 74.9 Å². The molecule has 0 radical (unpaired) electrons. The normalized spacial score (nSPS) is 15.9. The van der Waals surface area contributed by atoms with E-state index >= 15 is 0 Å². The molecule has 3 aliphatic carbocycles. The van der Waals surface area contributed by atoms with Crippen LogP contribution >= 0.6 is 34.0 Å². The maximum absolute atomic E-state index is 5.23. The summed E-state index contributed by atoms with van der Waals surface area (Å²) in [5.41, 5.74) is 22.6. The van der Waals surface area contributed by atoms with E-state index in [0.717, 1.165) is 42.7 Å². The van der Waals surface area contributed by atoms with Gasteiger partial charge in [0.1, 0.15) is 15.0 Å². The summed E-state index contributed by atoms with van der Waals surface area (Å²) >= 11 is 5.32. The van der Waals surface area contributed by atoms with Crippen molar-refractivity contribution < 1.29 is 0 Å². The first-order chi connectivity index (χ1) is 28.9. The van der Waals surface area contributed by atoms with E-state index in [1.807, 2.05) is 0 Å². The predicted molar refractivity (Wildman–Crippen MR) is 255 cm³/mol. The van der Waals surface area contributed by atoms with Crippen LogP contribution < -0.4 is 0 Å². The zero-order chi connectivity index (χ0) is 40.4.